The van der Waals surface area contributed by atoms with E-state index >= 15 is 0 Å². The number of sulfone groups is 1. The summed E-state index contributed by atoms with van der Waals surface area (Å²) in [5.74, 6) is -0.978. The first-order valence-electron chi connectivity index (χ1n) is 7.32. The molecule has 1 heterocycles. The summed E-state index contributed by atoms with van der Waals surface area (Å²) in [6.07, 6.45) is 1.67. The smallest absolute Gasteiger partial charge is 0.235 e. The molecule has 0 saturated carbocycles. The largest absolute Gasteiger partial charge is 0.352 e. The van der Waals surface area contributed by atoms with Gasteiger partial charge in [-0.25, -0.2) is 8.42 Å². The highest BCUT2D eigenvalue weighted by molar-refractivity contribution is 9.10. The number of rotatable bonds is 5. The van der Waals surface area contributed by atoms with Crippen LogP contribution in [0.15, 0.2) is 28.7 Å². The third kappa shape index (κ3) is 5.70. The number of carbonyl (C=O) groups excluding carboxylic acids is 1. The van der Waals surface area contributed by atoms with Crippen molar-refractivity contribution in [1.82, 2.24) is 10.6 Å². The van der Waals surface area contributed by atoms with Gasteiger partial charge in [-0.05, 0) is 44.0 Å². The number of hydrogen-bond acceptors (Lipinski definition) is 4. The quantitative estimate of drug-likeness (QED) is 0.803. The highest BCUT2D eigenvalue weighted by Gasteiger charge is 2.23. The maximum absolute atomic E-state index is 12.1. The van der Waals surface area contributed by atoms with E-state index < -0.39 is 21.5 Å². The molecule has 1 saturated heterocycles. The van der Waals surface area contributed by atoms with E-state index in [4.69, 9.17) is 0 Å². The zero-order valence-electron chi connectivity index (χ0n) is 12.5. The molecule has 1 aromatic carbocycles. The molecule has 22 heavy (non-hydrogen) atoms. The van der Waals surface area contributed by atoms with Crippen molar-refractivity contribution in [3.05, 3.63) is 34.3 Å². The van der Waals surface area contributed by atoms with E-state index in [1.165, 1.54) is 0 Å². The van der Waals surface area contributed by atoms with Crippen LogP contribution in [-0.4, -0.2) is 38.7 Å². The zero-order valence-corrected chi connectivity index (χ0v) is 14.9. The molecule has 0 aliphatic carbocycles. The number of nitrogens with one attached hydrogen (secondary N) is 2. The van der Waals surface area contributed by atoms with Crippen molar-refractivity contribution < 1.29 is 13.2 Å². The third-order valence-corrected chi connectivity index (χ3v) is 5.64. The number of benzene rings is 1. The van der Waals surface area contributed by atoms with Gasteiger partial charge in [-0.15, -0.1) is 0 Å². The average Bonchev–Trinajstić information content (AvgIpc) is 2.40. The Kier molecular flexibility index (Phi) is 6.00. The van der Waals surface area contributed by atoms with Gasteiger partial charge >= 0.3 is 0 Å². The van der Waals surface area contributed by atoms with Gasteiger partial charge in [0, 0.05) is 16.6 Å². The summed E-state index contributed by atoms with van der Waals surface area (Å²) in [5.41, 5.74) is 0.687. The van der Waals surface area contributed by atoms with Crippen LogP contribution in [0.2, 0.25) is 0 Å². The minimum absolute atomic E-state index is 0.0617. The Labute approximate surface area is 139 Å². The van der Waals surface area contributed by atoms with Gasteiger partial charge < -0.3 is 10.6 Å². The minimum atomic E-state index is -3.45. The second-order valence-electron chi connectivity index (χ2n) is 5.80. The van der Waals surface area contributed by atoms with Crippen molar-refractivity contribution in [2.45, 2.75) is 37.6 Å². The van der Waals surface area contributed by atoms with Crippen LogP contribution in [0.25, 0.3) is 0 Å². The molecule has 2 N–H and O–H groups in total. The summed E-state index contributed by atoms with van der Waals surface area (Å²) < 4.78 is 25.1. The molecular formula is C15H21BrN2O3S. The van der Waals surface area contributed by atoms with Crippen LogP contribution in [0.3, 0.4) is 0 Å². The number of carbonyl (C=O) groups is 1. The minimum Gasteiger partial charge on any atom is -0.352 e. The van der Waals surface area contributed by atoms with Gasteiger partial charge in [-0.1, -0.05) is 28.1 Å². The van der Waals surface area contributed by atoms with Gasteiger partial charge in [-0.2, -0.15) is 0 Å². The van der Waals surface area contributed by atoms with E-state index in [-0.39, 0.29) is 11.8 Å². The molecule has 2 rings (SSSR count). The zero-order chi connectivity index (χ0) is 16.2. The molecule has 2 unspecified atom stereocenters. The van der Waals surface area contributed by atoms with Crippen LogP contribution in [0.5, 0.6) is 0 Å². The fourth-order valence-electron chi connectivity index (χ4n) is 2.62. The standard InChI is InChI=1S/C15H21BrN2O3S/c1-11-8-14(6-7-17-11)18-15(19)10-22(20,21)9-12-2-4-13(16)5-3-12/h2-5,11,14,17H,6-10H2,1H3,(H,18,19). The third-order valence-electron chi connectivity index (χ3n) is 3.64. The van der Waals surface area contributed by atoms with Crippen LogP contribution in [0, 0.1) is 0 Å². The highest BCUT2D eigenvalue weighted by atomic mass is 79.9. The van der Waals surface area contributed by atoms with Gasteiger partial charge in [0.1, 0.15) is 5.75 Å². The first-order chi connectivity index (χ1) is 10.3. The second-order valence-corrected chi connectivity index (χ2v) is 8.78. The molecular weight excluding hydrogens is 368 g/mol. The van der Waals surface area contributed by atoms with Crippen LogP contribution in [0.4, 0.5) is 0 Å². The molecule has 1 aromatic rings. The molecule has 0 spiro atoms. The molecule has 1 amide bonds. The summed E-state index contributed by atoms with van der Waals surface area (Å²) in [6.45, 7) is 2.90. The van der Waals surface area contributed by atoms with Crippen molar-refractivity contribution >= 4 is 31.7 Å². The lowest BCUT2D eigenvalue weighted by Crippen LogP contribution is -2.47. The maximum atomic E-state index is 12.1. The molecule has 0 aromatic heterocycles. The topological polar surface area (TPSA) is 75.3 Å². The summed E-state index contributed by atoms with van der Waals surface area (Å²) in [5, 5.41) is 6.13. The van der Waals surface area contributed by atoms with E-state index in [1.54, 1.807) is 24.3 Å². The van der Waals surface area contributed by atoms with Gasteiger partial charge in [0.25, 0.3) is 0 Å². The summed E-state index contributed by atoms with van der Waals surface area (Å²) in [6, 6.07) is 7.48. The first-order valence-corrected chi connectivity index (χ1v) is 9.93. The number of hydrogen-bond donors (Lipinski definition) is 2. The van der Waals surface area contributed by atoms with Crippen LogP contribution >= 0.6 is 15.9 Å². The van der Waals surface area contributed by atoms with Crippen molar-refractivity contribution in [2.75, 3.05) is 12.3 Å². The lowest BCUT2D eigenvalue weighted by molar-refractivity contribution is -0.119. The number of halogens is 1. The van der Waals surface area contributed by atoms with E-state index in [2.05, 4.69) is 33.5 Å². The van der Waals surface area contributed by atoms with Crippen molar-refractivity contribution in [3.63, 3.8) is 0 Å². The SMILES string of the molecule is CC1CC(NC(=O)CS(=O)(=O)Cc2ccc(Br)cc2)CCN1. The number of piperidine rings is 1. The number of amides is 1. The van der Waals surface area contributed by atoms with Crippen molar-refractivity contribution in [2.24, 2.45) is 0 Å². The molecule has 0 bridgehead atoms. The van der Waals surface area contributed by atoms with Crippen LogP contribution in [0.1, 0.15) is 25.3 Å². The van der Waals surface area contributed by atoms with E-state index in [0.717, 1.165) is 23.9 Å². The Balaban J connectivity index is 1.87. The fourth-order valence-corrected chi connectivity index (χ4v) is 4.17. The average molecular weight is 389 g/mol. The molecule has 2 atom stereocenters. The molecule has 1 aliphatic heterocycles. The molecule has 1 aliphatic rings. The van der Waals surface area contributed by atoms with E-state index in [0.29, 0.717) is 11.6 Å². The van der Waals surface area contributed by atoms with E-state index in [1.807, 2.05) is 0 Å². The second kappa shape index (κ2) is 7.57. The Morgan fingerprint density at radius 1 is 1.36 bits per heavy atom. The predicted octanol–water partition coefficient (Wildman–Crippen LogP) is 1.62. The molecule has 1 fully saturated rings. The van der Waals surface area contributed by atoms with E-state index in [9.17, 15) is 13.2 Å². The highest BCUT2D eigenvalue weighted by Crippen LogP contribution is 2.13. The normalized spacial score (nSPS) is 22.3. The monoisotopic (exact) mass is 388 g/mol. The van der Waals surface area contributed by atoms with Crippen LogP contribution in [-0.2, 0) is 20.4 Å². The Bertz CT molecular complexity index is 616. The summed E-state index contributed by atoms with van der Waals surface area (Å²) in [4.78, 5) is 12.0. The lowest BCUT2D eigenvalue weighted by Gasteiger charge is -2.28. The van der Waals surface area contributed by atoms with Crippen molar-refractivity contribution in [3.8, 4) is 0 Å². The molecule has 5 nitrogen and oxygen atoms in total. The van der Waals surface area contributed by atoms with Gasteiger partial charge in [0.05, 0.1) is 5.75 Å². The van der Waals surface area contributed by atoms with Crippen molar-refractivity contribution in [1.29, 1.82) is 0 Å². The van der Waals surface area contributed by atoms with Gasteiger partial charge in [0.15, 0.2) is 9.84 Å². The molecule has 7 heteroatoms. The summed E-state index contributed by atoms with van der Waals surface area (Å²) >= 11 is 3.31. The first kappa shape index (κ1) is 17.4. The Hall–Kier alpha value is -0.920. The maximum Gasteiger partial charge on any atom is 0.235 e. The summed E-state index contributed by atoms with van der Waals surface area (Å²) in [7, 11) is -3.45. The predicted molar refractivity (Wildman–Crippen MR) is 90.3 cm³/mol. The Morgan fingerprint density at radius 2 is 2.05 bits per heavy atom. The molecule has 0 radical (unpaired) electrons. The lowest BCUT2D eigenvalue weighted by atomic mass is 10.0. The Morgan fingerprint density at radius 3 is 2.68 bits per heavy atom. The van der Waals surface area contributed by atoms with Gasteiger partial charge in [-0.3, -0.25) is 4.79 Å². The fraction of sp³-hybridized carbons (Fsp3) is 0.533. The van der Waals surface area contributed by atoms with Gasteiger partial charge in [0.2, 0.25) is 5.91 Å². The van der Waals surface area contributed by atoms with Crippen LogP contribution < -0.4 is 10.6 Å². The molecule has 122 valence electrons.